The summed E-state index contributed by atoms with van der Waals surface area (Å²) in [6, 6.07) is 14.3. The van der Waals surface area contributed by atoms with E-state index in [4.69, 9.17) is 9.47 Å². The molecule has 0 bridgehead atoms. The Morgan fingerprint density at radius 3 is 2.14 bits per heavy atom. The molecule has 0 aliphatic heterocycles. The molecule has 2 aromatic carbocycles. The molecule has 0 fully saturated rings. The van der Waals surface area contributed by atoms with Gasteiger partial charge >= 0.3 is 11.9 Å². The van der Waals surface area contributed by atoms with Gasteiger partial charge in [0.15, 0.2) is 0 Å². The van der Waals surface area contributed by atoms with Crippen LogP contribution < -0.4 is 4.74 Å². The van der Waals surface area contributed by atoms with Gasteiger partial charge in [0.25, 0.3) is 0 Å². The number of carbonyl (C=O) groups is 2. The largest absolute Gasteiger partial charge is 0.491 e. The Hall–Kier alpha value is -2.86. The lowest BCUT2D eigenvalue weighted by atomic mass is 9.84. The Morgan fingerprint density at radius 1 is 0.966 bits per heavy atom. The monoisotopic (exact) mass is 400 g/mol. The molecule has 6 heteroatoms. The number of esters is 2. The fourth-order valence-corrected chi connectivity index (χ4v) is 2.88. The maximum atomic E-state index is 11.9. The summed E-state index contributed by atoms with van der Waals surface area (Å²) in [6.07, 6.45) is 0.603. The van der Waals surface area contributed by atoms with E-state index in [-0.39, 0.29) is 12.6 Å². The number of methoxy groups -OCH3 is 2. The first kappa shape index (κ1) is 22.4. The van der Waals surface area contributed by atoms with E-state index in [9.17, 15) is 14.7 Å². The minimum Gasteiger partial charge on any atom is -0.491 e. The van der Waals surface area contributed by atoms with Crippen LogP contribution in [0.1, 0.15) is 41.8 Å². The van der Waals surface area contributed by atoms with E-state index in [1.165, 1.54) is 14.2 Å². The van der Waals surface area contributed by atoms with Crippen LogP contribution in [-0.4, -0.2) is 44.0 Å². The second kappa shape index (κ2) is 10.1. The Morgan fingerprint density at radius 2 is 1.59 bits per heavy atom. The molecule has 0 saturated carbocycles. The van der Waals surface area contributed by atoms with Gasteiger partial charge in [0, 0.05) is 0 Å². The van der Waals surface area contributed by atoms with Crippen molar-refractivity contribution >= 4 is 11.9 Å². The third-order valence-electron chi connectivity index (χ3n) is 4.86. The molecule has 2 aromatic rings. The van der Waals surface area contributed by atoms with Gasteiger partial charge in [-0.3, -0.25) is 4.79 Å². The van der Waals surface area contributed by atoms with Gasteiger partial charge in [-0.2, -0.15) is 0 Å². The van der Waals surface area contributed by atoms with Crippen LogP contribution in [0.2, 0.25) is 0 Å². The second-order valence-electron chi connectivity index (χ2n) is 7.33. The normalized spacial score (nSPS) is 12.2. The average molecular weight is 400 g/mol. The summed E-state index contributed by atoms with van der Waals surface area (Å²) in [5, 5.41) is 10.2. The number of ether oxygens (including phenoxy) is 3. The summed E-state index contributed by atoms with van der Waals surface area (Å²) in [5.74, 6) is -0.110. The highest BCUT2D eigenvalue weighted by molar-refractivity contribution is 5.89. The van der Waals surface area contributed by atoms with Crippen molar-refractivity contribution in [3.8, 4) is 5.75 Å². The third-order valence-corrected chi connectivity index (χ3v) is 4.86. The van der Waals surface area contributed by atoms with E-state index < -0.39 is 17.5 Å². The van der Waals surface area contributed by atoms with E-state index in [1.807, 2.05) is 38.1 Å². The van der Waals surface area contributed by atoms with Gasteiger partial charge in [-0.15, -0.1) is 0 Å². The number of rotatable bonds is 9. The highest BCUT2D eigenvalue weighted by Gasteiger charge is 2.30. The van der Waals surface area contributed by atoms with Crippen molar-refractivity contribution in [3.05, 3.63) is 65.2 Å². The predicted octanol–water partition coefficient (Wildman–Crippen LogP) is 3.30. The third kappa shape index (κ3) is 6.06. The van der Waals surface area contributed by atoms with Gasteiger partial charge in [0.2, 0.25) is 0 Å². The fraction of sp³-hybridized carbons (Fsp3) is 0.391. The molecule has 1 unspecified atom stereocenters. The Labute approximate surface area is 171 Å². The van der Waals surface area contributed by atoms with Crippen LogP contribution in [0.5, 0.6) is 5.75 Å². The summed E-state index contributed by atoms with van der Waals surface area (Å²) in [5.41, 5.74) is 1.69. The van der Waals surface area contributed by atoms with Crippen LogP contribution >= 0.6 is 0 Å². The first-order chi connectivity index (χ1) is 13.8. The lowest BCUT2D eigenvalue weighted by Crippen LogP contribution is -2.30. The average Bonchev–Trinajstić information content (AvgIpc) is 2.75. The molecule has 156 valence electrons. The van der Waals surface area contributed by atoms with Crippen molar-refractivity contribution in [2.45, 2.75) is 38.2 Å². The van der Waals surface area contributed by atoms with Gasteiger partial charge in [-0.05, 0) is 62.1 Å². The summed E-state index contributed by atoms with van der Waals surface area (Å²) >= 11 is 0. The molecule has 29 heavy (non-hydrogen) atoms. The fourth-order valence-electron chi connectivity index (χ4n) is 2.88. The first-order valence-electron chi connectivity index (χ1n) is 9.45. The van der Waals surface area contributed by atoms with Gasteiger partial charge in [0.05, 0.1) is 31.3 Å². The van der Waals surface area contributed by atoms with E-state index in [0.29, 0.717) is 24.2 Å². The number of benzene rings is 2. The molecule has 0 aliphatic carbocycles. The molecule has 0 radical (unpaired) electrons. The molecular weight excluding hydrogens is 372 g/mol. The van der Waals surface area contributed by atoms with Crippen molar-refractivity contribution in [1.29, 1.82) is 0 Å². The van der Waals surface area contributed by atoms with Crippen LogP contribution in [0, 0.1) is 0 Å². The standard InChI is InChI=1S/C23H28O6/c1-23(2,22(26)28-4)18-10-5-16(6-11-18)7-12-19(24)15-29-20-13-8-17(9-14-20)21(25)27-3/h5-6,8-11,13-14,19,24H,7,12,15H2,1-4H3. The minimum absolute atomic E-state index is 0.158. The zero-order valence-electron chi connectivity index (χ0n) is 17.3. The van der Waals surface area contributed by atoms with Crippen molar-refractivity contribution in [3.63, 3.8) is 0 Å². The van der Waals surface area contributed by atoms with Crippen LogP contribution in [0.4, 0.5) is 0 Å². The van der Waals surface area contributed by atoms with Crippen molar-refractivity contribution < 1.29 is 28.9 Å². The number of aryl methyl sites for hydroxylation is 1. The number of aliphatic hydroxyl groups excluding tert-OH is 1. The molecule has 0 aliphatic rings. The molecule has 0 saturated heterocycles. The van der Waals surface area contributed by atoms with Gasteiger partial charge in [-0.25, -0.2) is 4.79 Å². The van der Waals surface area contributed by atoms with E-state index >= 15 is 0 Å². The minimum atomic E-state index is -0.704. The molecular formula is C23H28O6. The Balaban J connectivity index is 1.82. The quantitative estimate of drug-likeness (QED) is 0.651. The van der Waals surface area contributed by atoms with Crippen LogP contribution in [-0.2, 0) is 26.1 Å². The molecule has 0 amide bonds. The topological polar surface area (TPSA) is 82.1 Å². The van der Waals surface area contributed by atoms with E-state index in [0.717, 1.165) is 11.1 Å². The van der Waals surface area contributed by atoms with Crippen LogP contribution in [0.15, 0.2) is 48.5 Å². The molecule has 6 nitrogen and oxygen atoms in total. The second-order valence-corrected chi connectivity index (χ2v) is 7.33. The van der Waals surface area contributed by atoms with Crippen molar-refractivity contribution in [1.82, 2.24) is 0 Å². The van der Waals surface area contributed by atoms with Crippen LogP contribution in [0.25, 0.3) is 0 Å². The van der Waals surface area contributed by atoms with Gasteiger partial charge in [0.1, 0.15) is 12.4 Å². The molecule has 0 aromatic heterocycles. The molecule has 2 rings (SSSR count). The Bertz CT molecular complexity index is 808. The van der Waals surface area contributed by atoms with Crippen LogP contribution in [0.3, 0.4) is 0 Å². The molecule has 1 N–H and O–H groups in total. The molecule has 0 spiro atoms. The van der Waals surface area contributed by atoms with Gasteiger partial charge < -0.3 is 19.3 Å². The van der Waals surface area contributed by atoms with Gasteiger partial charge in [-0.1, -0.05) is 24.3 Å². The number of aliphatic hydroxyl groups is 1. The number of carbonyl (C=O) groups excluding carboxylic acids is 2. The lowest BCUT2D eigenvalue weighted by molar-refractivity contribution is -0.146. The lowest BCUT2D eigenvalue weighted by Gasteiger charge is -2.22. The maximum Gasteiger partial charge on any atom is 0.337 e. The SMILES string of the molecule is COC(=O)c1ccc(OCC(O)CCc2ccc(C(C)(C)C(=O)OC)cc2)cc1. The summed E-state index contributed by atoms with van der Waals surface area (Å²) in [7, 11) is 2.71. The predicted molar refractivity (Wildman–Crippen MR) is 109 cm³/mol. The highest BCUT2D eigenvalue weighted by Crippen LogP contribution is 2.25. The maximum absolute atomic E-state index is 11.9. The summed E-state index contributed by atoms with van der Waals surface area (Å²) < 4.78 is 15.1. The number of hydrogen-bond donors (Lipinski definition) is 1. The summed E-state index contributed by atoms with van der Waals surface area (Å²) in [6.45, 7) is 3.81. The Kier molecular flexibility index (Phi) is 7.79. The van der Waals surface area contributed by atoms with E-state index in [1.54, 1.807) is 24.3 Å². The summed E-state index contributed by atoms with van der Waals surface area (Å²) in [4.78, 5) is 23.3. The van der Waals surface area contributed by atoms with Crippen molar-refractivity contribution in [2.24, 2.45) is 0 Å². The van der Waals surface area contributed by atoms with Crippen molar-refractivity contribution in [2.75, 3.05) is 20.8 Å². The zero-order chi connectivity index (χ0) is 21.4. The molecule has 1 atom stereocenters. The first-order valence-corrected chi connectivity index (χ1v) is 9.45. The smallest absolute Gasteiger partial charge is 0.337 e. The highest BCUT2D eigenvalue weighted by atomic mass is 16.5. The van der Waals surface area contributed by atoms with E-state index in [2.05, 4.69) is 4.74 Å². The number of hydrogen-bond acceptors (Lipinski definition) is 6. The molecule has 0 heterocycles. The zero-order valence-corrected chi connectivity index (χ0v) is 17.3.